The topological polar surface area (TPSA) is 52.6 Å². The fourth-order valence-electron chi connectivity index (χ4n) is 1.12. The summed E-state index contributed by atoms with van der Waals surface area (Å²) in [6, 6.07) is 6.93. The van der Waals surface area contributed by atoms with Gasteiger partial charge in [-0.1, -0.05) is 18.2 Å². The molecule has 0 spiro atoms. The molecule has 0 saturated heterocycles. The first kappa shape index (κ1) is 12.1. The van der Waals surface area contributed by atoms with E-state index in [-0.39, 0.29) is 6.61 Å². The zero-order valence-electron chi connectivity index (χ0n) is 8.88. The van der Waals surface area contributed by atoms with Crippen molar-refractivity contribution in [2.24, 2.45) is 0 Å². The molecule has 0 aliphatic rings. The zero-order valence-corrected chi connectivity index (χ0v) is 8.88. The molecule has 4 nitrogen and oxygen atoms in total. The van der Waals surface area contributed by atoms with Crippen LogP contribution in [0.4, 0.5) is 0 Å². The number of hydrogen-bond donors (Lipinski definition) is 0. The molecule has 84 valence electrons. The monoisotopic (exact) mass is 220 g/mol. The van der Waals surface area contributed by atoms with Crippen LogP contribution in [0.2, 0.25) is 0 Å². The van der Waals surface area contributed by atoms with Gasteiger partial charge in [-0.15, -0.1) is 0 Å². The van der Waals surface area contributed by atoms with Gasteiger partial charge in [0.25, 0.3) is 0 Å². The maximum absolute atomic E-state index is 11.2. The van der Waals surface area contributed by atoms with Crippen LogP contribution in [0.25, 0.3) is 6.08 Å². The lowest BCUT2D eigenvalue weighted by atomic mass is 10.2. The molecule has 0 aromatic heterocycles. The summed E-state index contributed by atoms with van der Waals surface area (Å²) in [6.07, 6.45) is 3.57. The number of methoxy groups -OCH3 is 1. The molecule has 1 aromatic rings. The van der Waals surface area contributed by atoms with Crippen LogP contribution < -0.4 is 4.74 Å². The van der Waals surface area contributed by atoms with Crippen molar-refractivity contribution in [2.45, 2.75) is 0 Å². The largest absolute Gasteiger partial charge is 0.424 e. The summed E-state index contributed by atoms with van der Waals surface area (Å²) in [6.45, 7) is -0.105. The molecule has 0 bridgehead atoms. The second-order valence-electron chi connectivity index (χ2n) is 2.94. The van der Waals surface area contributed by atoms with Crippen molar-refractivity contribution in [1.29, 1.82) is 0 Å². The predicted octanol–water partition coefficient (Wildman–Crippen LogP) is 1.45. The lowest BCUT2D eigenvalue weighted by molar-refractivity contribution is -0.138. The van der Waals surface area contributed by atoms with Crippen molar-refractivity contribution in [2.75, 3.05) is 13.7 Å². The van der Waals surface area contributed by atoms with Crippen LogP contribution in [-0.4, -0.2) is 26.0 Å². The number of aldehydes is 1. The standard InChI is InChI=1S/C12H12O4/c1-15-9-12(14)16-11-7-3-2-5-10(11)6-4-8-13/h2-8H,9H2,1H3/b6-4+. The molecule has 0 saturated carbocycles. The molecule has 16 heavy (non-hydrogen) atoms. The Bertz CT molecular complexity index is 396. The van der Waals surface area contributed by atoms with Crippen molar-refractivity contribution >= 4 is 18.3 Å². The highest BCUT2D eigenvalue weighted by molar-refractivity contribution is 5.78. The number of allylic oxidation sites excluding steroid dienone is 1. The Labute approximate surface area is 93.5 Å². The van der Waals surface area contributed by atoms with Crippen LogP contribution in [-0.2, 0) is 14.3 Å². The first-order valence-electron chi connectivity index (χ1n) is 4.68. The summed E-state index contributed by atoms with van der Waals surface area (Å²) in [4.78, 5) is 21.4. The molecule has 1 rings (SSSR count). The van der Waals surface area contributed by atoms with Crippen molar-refractivity contribution in [3.63, 3.8) is 0 Å². The highest BCUT2D eigenvalue weighted by Gasteiger charge is 2.06. The Morgan fingerprint density at radius 3 is 2.81 bits per heavy atom. The van der Waals surface area contributed by atoms with Crippen LogP contribution >= 0.6 is 0 Å². The van der Waals surface area contributed by atoms with E-state index < -0.39 is 5.97 Å². The van der Waals surface area contributed by atoms with Gasteiger partial charge < -0.3 is 9.47 Å². The first-order chi connectivity index (χ1) is 7.77. The minimum atomic E-state index is -0.477. The maximum atomic E-state index is 11.2. The molecule has 0 aliphatic carbocycles. The number of benzene rings is 1. The van der Waals surface area contributed by atoms with Crippen LogP contribution in [0.5, 0.6) is 5.75 Å². The third kappa shape index (κ3) is 3.67. The number of carbonyl (C=O) groups is 2. The highest BCUT2D eigenvalue weighted by atomic mass is 16.6. The van der Waals surface area contributed by atoms with Gasteiger partial charge in [0.05, 0.1) is 0 Å². The van der Waals surface area contributed by atoms with Gasteiger partial charge in [-0.2, -0.15) is 0 Å². The zero-order chi connectivity index (χ0) is 11.8. The number of hydrogen-bond acceptors (Lipinski definition) is 4. The van der Waals surface area contributed by atoms with Gasteiger partial charge in [0.2, 0.25) is 0 Å². The number of carbonyl (C=O) groups excluding carboxylic acids is 2. The maximum Gasteiger partial charge on any atom is 0.337 e. The van der Waals surface area contributed by atoms with E-state index in [4.69, 9.17) is 4.74 Å². The quantitative estimate of drug-likeness (QED) is 0.326. The molecule has 0 amide bonds. The van der Waals surface area contributed by atoms with Crippen LogP contribution in [0.3, 0.4) is 0 Å². The predicted molar refractivity (Wildman–Crippen MR) is 59.1 cm³/mol. The molecule has 0 fully saturated rings. The first-order valence-corrected chi connectivity index (χ1v) is 4.68. The molecule has 0 N–H and O–H groups in total. The second kappa shape index (κ2) is 6.53. The average Bonchev–Trinajstić information content (AvgIpc) is 2.28. The minimum absolute atomic E-state index is 0.105. The van der Waals surface area contributed by atoms with Gasteiger partial charge in [0, 0.05) is 12.7 Å². The van der Waals surface area contributed by atoms with Gasteiger partial charge in [0.15, 0.2) is 0 Å². The Kier molecular flexibility index (Phi) is 4.95. The SMILES string of the molecule is COCC(=O)Oc1ccccc1/C=C/C=O. The Morgan fingerprint density at radius 1 is 1.38 bits per heavy atom. The minimum Gasteiger partial charge on any atom is -0.424 e. The third-order valence-electron chi connectivity index (χ3n) is 1.76. The Hall–Kier alpha value is -1.94. The van der Waals surface area contributed by atoms with Crippen molar-refractivity contribution in [1.82, 2.24) is 0 Å². The average molecular weight is 220 g/mol. The van der Waals surface area contributed by atoms with Crippen molar-refractivity contribution in [3.8, 4) is 5.75 Å². The molecular weight excluding hydrogens is 208 g/mol. The third-order valence-corrected chi connectivity index (χ3v) is 1.76. The fourth-order valence-corrected chi connectivity index (χ4v) is 1.12. The number of esters is 1. The van der Waals surface area contributed by atoms with Crippen molar-refractivity contribution in [3.05, 3.63) is 35.9 Å². The molecule has 4 heteroatoms. The lowest BCUT2D eigenvalue weighted by Crippen LogP contribution is -2.14. The van der Waals surface area contributed by atoms with Gasteiger partial charge >= 0.3 is 5.97 Å². The van der Waals surface area contributed by atoms with Gasteiger partial charge in [-0.25, -0.2) is 4.79 Å². The molecule has 0 unspecified atom stereocenters. The van der Waals surface area contributed by atoms with Gasteiger partial charge in [-0.05, 0) is 18.2 Å². The van der Waals surface area contributed by atoms with E-state index in [0.29, 0.717) is 17.6 Å². The summed E-state index contributed by atoms with van der Waals surface area (Å²) in [7, 11) is 1.42. The van der Waals surface area contributed by atoms with E-state index in [2.05, 4.69) is 4.74 Å². The van der Waals surface area contributed by atoms with Crippen LogP contribution in [0.15, 0.2) is 30.3 Å². The van der Waals surface area contributed by atoms with Gasteiger partial charge in [0.1, 0.15) is 18.6 Å². The van der Waals surface area contributed by atoms with E-state index in [1.54, 1.807) is 30.3 Å². The fraction of sp³-hybridized carbons (Fsp3) is 0.167. The van der Waals surface area contributed by atoms with Gasteiger partial charge in [-0.3, -0.25) is 4.79 Å². The van der Waals surface area contributed by atoms with E-state index >= 15 is 0 Å². The summed E-state index contributed by atoms with van der Waals surface area (Å²) < 4.78 is 9.70. The van der Waals surface area contributed by atoms with Crippen LogP contribution in [0, 0.1) is 0 Å². The van der Waals surface area contributed by atoms with Crippen LogP contribution in [0.1, 0.15) is 5.56 Å². The molecule has 0 aliphatic heterocycles. The second-order valence-corrected chi connectivity index (χ2v) is 2.94. The number of para-hydroxylation sites is 1. The van der Waals surface area contributed by atoms with E-state index in [0.717, 1.165) is 0 Å². The molecule has 0 radical (unpaired) electrons. The molecule has 0 atom stereocenters. The smallest absolute Gasteiger partial charge is 0.337 e. The highest BCUT2D eigenvalue weighted by Crippen LogP contribution is 2.19. The normalized spacial score (nSPS) is 10.3. The molecular formula is C12H12O4. The summed E-state index contributed by atoms with van der Waals surface area (Å²) in [5, 5.41) is 0. The Morgan fingerprint density at radius 2 is 2.12 bits per heavy atom. The number of rotatable bonds is 5. The van der Waals surface area contributed by atoms with E-state index in [1.807, 2.05) is 0 Å². The van der Waals surface area contributed by atoms with Crippen molar-refractivity contribution < 1.29 is 19.1 Å². The summed E-state index contributed by atoms with van der Waals surface area (Å²) >= 11 is 0. The van der Waals surface area contributed by atoms with E-state index in [9.17, 15) is 9.59 Å². The summed E-state index contributed by atoms with van der Waals surface area (Å²) in [5.74, 6) is -0.0721. The molecule has 1 aromatic carbocycles. The Balaban J connectivity index is 2.82. The van der Waals surface area contributed by atoms with E-state index in [1.165, 1.54) is 13.2 Å². The number of ether oxygens (including phenoxy) is 2. The lowest BCUT2D eigenvalue weighted by Gasteiger charge is -2.06. The molecule has 0 heterocycles. The summed E-state index contributed by atoms with van der Waals surface area (Å²) in [5.41, 5.74) is 0.666.